The van der Waals surface area contributed by atoms with Gasteiger partial charge in [-0.1, -0.05) is 30.0 Å². The number of amides is 1. The number of thioether (sulfide) groups is 1. The van der Waals surface area contributed by atoms with Crippen LogP contribution in [0.2, 0.25) is 0 Å². The molecule has 1 amide bonds. The molecule has 0 aromatic heterocycles. The Morgan fingerprint density at radius 2 is 2.00 bits per heavy atom. The number of hydrogen-bond donors (Lipinski definition) is 0. The second-order valence-electron chi connectivity index (χ2n) is 4.57. The SMILES string of the molecule is CCOC(=O)/C=C1/SCC(=O)N1CCOC(=O)c1ccccc1. The number of rotatable bonds is 6. The Balaban J connectivity index is 1.89. The first-order chi connectivity index (χ1) is 11.1. The third kappa shape index (κ3) is 4.85. The highest BCUT2D eigenvalue weighted by Gasteiger charge is 2.27. The Labute approximate surface area is 138 Å². The molecule has 7 heteroatoms. The van der Waals surface area contributed by atoms with Gasteiger partial charge in [0, 0.05) is 0 Å². The van der Waals surface area contributed by atoms with Crippen molar-refractivity contribution in [2.24, 2.45) is 0 Å². The molecule has 0 radical (unpaired) electrons. The average molecular weight is 335 g/mol. The molecule has 1 aromatic rings. The van der Waals surface area contributed by atoms with Crippen LogP contribution in [0.15, 0.2) is 41.4 Å². The second-order valence-corrected chi connectivity index (χ2v) is 5.57. The number of hydrogen-bond acceptors (Lipinski definition) is 6. The summed E-state index contributed by atoms with van der Waals surface area (Å²) in [6.07, 6.45) is 1.29. The molecule has 2 rings (SSSR count). The third-order valence-electron chi connectivity index (χ3n) is 3.00. The summed E-state index contributed by atoms with van der Waals surface area (Å²) >= 11 is 1.26. The van der Waals surface area contributed by atoms with Gasteiger partial charge in [-0.15, -0.1) is 0 Å². The van der Waals surface area contributed by atoms with E-state index in [0.717, 1.165) is 0 Å². The molecule has 0 saturated carbocycles. The lowest BCUT2D eigenvalue weighted by Crippen LogP contribution is -2.29. The molecule has 1 fully saturated rings. The average Bonchev–Trinajstić information content (AvgIpc) is 2.89. The highest BCUT2D eigenvalue weighted by atomic mass is 32.2. The zero-order valence-corrected chi connectivity index (χ0v) is 13.5. The minimum absolute atomic E-state index is 0.0557. The maximum Gasteiger partial charge on any atom is 0.338 e. The maximum absolute atomic E-state index is 11.8. The number of ether oxygens (including phenoxy) is 2. The van der Waals surface area contributed by atoms with Crippen LogP contribution in [-0.2, 0) is 19.1 Å². The van der Waals surface area contributed by atoms with Gasteiger partial charge < -0.3 is 14.4 Å². The summed E-state index contributed by atoms with van der Waals surface area (Å²) in [5, 5.41) is 0.518. The molecule has 0 N–H and O–H groups in total. The van der Waals surface area contributed by atoms with E-state index >= 15 is 0 Å². The number of carbonyl (C=O) groups is 3. The van der Waals surface area contributed by atoms with Gasteiger partial charge in [-0.3, -0.25) is 4.79 Å². The summed E-state index contributed by atoms with van der Waals surface area (Å²) in [4.78, 5) is 36.6. The van der Waals surface area contributed by atoms with E-state index in [9.17, 15) is 14.4 Å². The van der Waals surface area contributed by atoms with Crippen molar-refractivity contribution < 1.29 is 23.9 Å². The molecule has 0 unspecified atom stereocenters. The van der Waals surface area contributed by atoms with Crippen molar-refractivity contribution in [1.82, 2.24) is 4.90 Å². The zero-order chi connectivity index (χ0) is 16.7. The Morgan fingerprint density at radius 1 is 1.26 bits per heavy atom. The Morgan fingerprint density at radius 3 is 2.70 bits per heavy atom. The van der Waals surface area contributed by atoms with E-state index in [1.54, 1.807) is 31.2 Å². The third-order valence-corrected chi connectivity index (χ3v) is 4.02. The van der Waals surface area contributed by atoms with E-state index in [2.05, 4.69) is 0 Å². The van der Waals surface area contributed by atoms with Crippen molar-refractivity contribution in [2.45, 2.75) is 6.92 Å². The molecule has 23 heavy (non-hydrogen) atoms. The fourth-order valence-electron chi connectivity index (χ4n) is 1.94. The number of nitrogens with zero attached hydrogens (tertiary/aromatic N) is 1. The van der Waals surface area contributed by atoms with Crippen LogP contribution in [0.25, 0.3) is 0 Å². The predicted molar refractivity (Wildman–Crippen MR) is 85.6 cm³/mol. The van der Waals surface area contributed by atoms with Crippen molar-refractivity contribution in [3.63, 3.8) is 0 Å². The highest BCUT2D eigenvalue weighted by Crippen LogP contribution is 2.28. The van der Waals surface area contributed by atoms with Crippen LogP contribution in [0.4, 0.5) is 0 Å². The van der Waals surface area contributed by atoms with Crippen LogP contribution < -0.4 is 0 Å². The largest absolute Gasteiger partial charge is 0.463 e. The molecule has 122 valence electrons. The van der Waals surface area contributed by atoms with Gasteiger partial charge in [-0.25, -0.2) is 9.59 Å². The summed E-state index contributed by atoms with van der Waals surface area (Å²) in [6.45, 7) is 2.25. The summed E-state index contributed by atoms with van der Waals surface area (Å²) in [5.41, 5.74) is 0.455. The van der Waals surface area contributed by atoms with Gasteiger partial charge in [0.25, 0.3) is 0 Å². The molecule has 1 aromatic carbocycles. The standard InChI is InChI=1S/C16H17NO5S/c1-2-21-15(19)10-14-17(13(18)11-23-14)8-9-22-16(20)12-6-4-3-5-7-12/h3-7,10H,2,8-9,11H2,1H3/b14-10+. The van der Waals surface area contributed by atoms with Crippen LogP contribution in [0, 0.1) is 0 Å². The Kier molecular flexibility index (Phi) is 6.22. The van der Waals surface area contributed by atoms with Gasteiger partial charge in [-0.2, -0.15) is 0 Å². The van der Waals surface area contributed by atoms with E-state index in [0.29, 0.717) is 10.6 Å². The summed E-state index contributed by atoms with van der Waals surface area (Å²) < 4.78 is 9.99. The van der Waals surface area contributed by atoms with Crippen LogP contribution in [0.3, 0.4) is 0 Å². The van der Waals surface area contributed by atoms with E-state index in [4.69, 9.17) is 9.47 Å². The summed E-state index contributed by atoms with van der Waals surface area (Å²) in [5.74, 6) is -0.796. The van der Waals surface area contributed by atoms with Gasteiger partial charge in [-0.05, 0) is 19.1 Å². The molecule has 0 aliphatic carbocycles. The zero-order valence-electron chi connectivity index (χ0n) is 12.7. The van der Waals surface area contributed by atoms with Gasteiger partial charge >= 0.3 is 11.9 Å². The molecule has 1 heterocycles. The van der Waals surface area contributed by atoms with Gasteiger partial charge in [0.1, 0.15) is 6.61 Å². The molecule has 0 spiro atoms. The van der Waals surface area contributed by atoms with E-state index in [-0.39, 0.29) is 31.4 Å². The molecule has 6 nitrogen and oxygen atoms in total. The lowest BCUT2D eigenvalue weighted by molar-refractivity contribution is -0.137. The molecule has 0 bridgehead atoms. The van der Waals surface area contributed by atoms with E-state index < -0.39 is 11.9 Å². The lowest BCUT2D eigenvalue weighted by atomic mass is 10.2. The Hall–Kier alpha value is -2.28. The minimum atomic E-state index is -0.490. The summed E-state index contributed by atoms with van der Waals surface area (Å²) in [7, 11) is 0. The minimum Gasteiger partial charge on any atom is -0.463 e. The maximum atomic E-state index is 11.8. The van der Waals surface area contributed by atoms with Gasteiger partial charge in [0.05, 0.1) is 35.6 Å². The molecule has 0 atom stereocenters. The van der Waals surface area contributed by atoms with Gasteiger partial charge in [0.2, 0.25) is 5.91 Å². The Bertz CT molecular complexity index is 614. The normalized spacial score (nSPS) is 15.8. The molecule has 1 aliphatic heterocycles. The number of benzene rings is 1. The van der Waals surface area contributed by atoms with Crippen LogP contribution in [0.5, 0.6) is 0 Å². The number of esters is 2. The van der Waals surface area contributed by atoms with Crippen molar-refractivity contribution in [3.8, 4) is 0 Å². The molecule has 1 saturated heterocycles. The number of carbonyl (C=O) groups excluding carboxylic acids is 3. The smallest absolute Gasteiger partial charge is 0.338 e. The quantitative estimate of drug-likeness (QED) is 0.583. The first-order valence-electron chi connectivity index (χ1n) is 7.15. The fourth-order valence-corrected chi connectivity index (χ4v) is 2.90. The molecule has 1 aliphatic rings. The lowest BCUT2D eigenvalue weighted by Gasteiger charge is -2.16. The molecular weight excluding hydrogens is 318 g/mol. The van der Waals surface area contributed by atoms with Crippen molar-refractivity contribution in [1.29, 1.82) is 0 Å². The molecular formula is C16H17NO5S. The van der Waals surface area contributed by atoms with Crippen LogP contribution in [0.1, 0.15) is 17.3 Å². The van der Waals surface area contributed by atoms with Gasteiger partial charge in [0.15, 0.2) is 0 Å². The summed E-state index contributed by atoms with van der Waals surface area (Å²) in [6, 6.07) is 8.62. The van der Waals surface area contributed by atoms with Crippen molar-refractivity contribution >= 4 is 29.6 Å². The predicted octanol–water partition coefficient (Wildman–Crippen LogP) is 1.82. The van der Waals surface area contributed by atoms with Crippen LogP contribution in [-0.4, -0.2) is 48.3 Å². The van der Waals surface area contributed by atoms with Crippen molar-refractivity contribution in [3.05, 3.63) is 47.0 Å². The van der Waals surface area contributed by atoms with E-state index in [1.165, 1.54) is 22.7 Å². The topological polar surface area (TPSA) is 72.9 Å². The van der Waals surface area contributed by atoms with Crippen LogP contribution >= 0.6 is 11.8 Å². The van der Waals surface area contributed by atoms with Crippen molar-refractivity contribution in [2.75, 3.05) is 25.5 Å². The monoisotopic (exact) mass is 335 g/mol. The van der Waals surface area contributed by atoms with E-state index in [1.807, 2.05) is 6.07 Å². The second kappa shape index (κ2) is 8.38. The highest BCUT2D eigenvalue weighted by molar-refractivity contribution is 8.04. The first-order valence-corrected chi connectivity index (χ1v) is 8.14. The first kappa shape index (κ1) is 17.1. The fraction of sp³-hybridized carbons (Fsp3) is 0.312.